The summed E-state index contributed by atoms with van der Waals surface area (Å²) in [7, 11) is 0. The number of nitrogen functional groups attached to an aromatic ring is 1. The van der Waals surface area contributed by atoms with Crippen LogP contribution in [0.3, 0.4) is 0 Å². The second kappa shape index (κ2) is 7.42. The molecule has 1 aromatic carbocycles. The lowest BCUT2D eigenvalue weighted by Gasteiger charge is -2.02. The minimum atomic E-state index is 0.495. The number of hydrazone groups is 1. The smallest absolute Gasteiger partial charge is 0.205 e. The number of hydrogen-bond donors (Lipinski definition) is 2. The molecule has 104 valence electrons. The van der Waals surface area contributed by atoms with Gasteiger partial charge in [0, 0.05) is 5.38 Å². The Morgan fingerprint density at radius 1 is 1.50 bits per heavy atom. The fourth-order valence-corrected chi connectivity index (χ4v) is 2.07. The lowest BCUT2D eigenvalue weighted by molar-refractivity contribution is 0.149. The number of rotatable bonds is 7. The van der Waals surface area contributed by atoms with Crippen LogP contribution in [0.15, 0.2) is 47.4 Å². The molecular weight excluding hydrogens is 272 g/mol. The molecule has 20 heavy (non-hydrogen) atoms. The predicted molar refractivity (Wildman–Crippen MR) is 84.0 cm³/mol. The zero-order valence-corrected chi connectivity index (χ0v) is 11.8. The Hall–Kier alpha value is -2.18. The average Bonchev–Trinajstić information content (AvgIpc) is 2.85. The maximum absolute atomic E-state index is 5.53. The van der Waals surface area contributed by atoms with E-state index in [0.29, 0.717) is 24.2 Å². The monoisotopic (exact) mass is 288 g/mol. The molecule has 0 radical (unpaired) electrons. The van der Waals surface area contributed by atoms with Gasteiger partial charge in [-0.15, -0.1) is 17.9 Å². The highest BCUT2D eigenvalue weighted by molar-refractivity contribution is 7.14. The average molecular weight is 288 g/mol. The maximum Gasteiger partial charge on any atom is 0.205 e. The molecule has 0 aliphatic heterocycles. The van der Waals surface area contributed by atoms with Crippen LogP contribution < -0.4 is 11.2 Å². The molecule has 0 spiro atoms. The molecule has 1 aromatic heterocycles. The zero-order chi connectivity index (χ0) is 14.2. The topological polar surface area (TPSA) is 72.5 Å². The van der Waals surface area contributed by atoms with Crippen molar-refractivity contribution < 1.29 is 4.74 Å². The Morgan fingerprint density at radius 2 is 2.40 bits per heavy atom. The van der Waals surface area contributed by atoms with Crippen molar-refractivity contribution in [1.29, 1.82) is 0 Å². The van der Waals surface area contributed by atoms with Gasteiger partial charge >= 0.3 is 0 Å². The molecule has 3 N–H and O–H groups in total. The molecular formula is C14H16N4OS. The van der Waals surface area contributed by atoms with Crippen LogP contribution in [0, 0.1) is 0 Å². The Kier molecular flexibility index (Phi) is 5.28. The Labute approximate surface area is 121 Å². The van der Waals surface area contributed by atoms with Crippen LogP contribution in [0.5, 0.6) is 0 Å². The van der Waals surface area contributed by atoms with Crippen molar-refractivity contribution in [3.8, 4) is 0 Å². The van der Waals surface area contributed by atoms with Crippen LogP contribution >= 0.6 is 11.3 Å². The summed E-state index contributed by atoms with van der Waals surface area (Å²) in [5.41, 5.74) is 10.4. The SMILES string of the molecule is C=CCOCc1cccc(C=NNc2nc(N)cs2)c1. The first-order valence-electron chi connectivity index (χ1n) is 6.05. The number of aromatic nitrogens is 1. The summed E-state index contributed by atoms with van der Waals surface area (Å²) in [6, 6.07) is 7.97. The van der Waals surface area contributed by atoms with E-state index >= 15 is 0 Å². The molecule has 0 unspecified atom stereocenters. The molecule has 0 fully saturated rings. The van der Waals surface area contributed by atoms with E-state index in [9.17, 15) is 0 Å². The van der Waals surface area contributed by atoms with E-state index in [-0.39, 0.29) is 0 Å². The van der Waals surface area contributed by atoms with Crippen molar-refractivity contribution in [2.45, 2.75) is 6.61 Å². The molecule has 2 rings (SSSR count). The van der Waals surface area contributed by atoms with Crippen LogP contribution in [0.1, 0.15) is 11.1 Å². The van der Waals surface area contributed by atoms with Gasteiger partial charge in [-0.2, -0.15) is 5.10 Å². The van der Waals surface area contributed by atoms with Crippen LogP contribution in [0.4, 0.5) is 10.9 Å². The molecule has 0 bridgehead atoms. The molecule has 2 aromatic rings. The normalized spacial score (nSPS) is 10.8. The van der Waals surface area contributed by atoms with Gasteiger partial charge in [-0.3, -0.25) is 5.43 Å². The number of thiazole rings is 1. The van der Waals surface area contributed by atoms with Crippen LogP contribution in [0.2, 0.25) is 0 Å². The number of nitrogens with zero attached hydrogens (tertiary/aromatic N) is 2. The number of benzene rings is 1. The van der Waals surface area contributed by atoms with E-state index in [4.69, 9.17) is 10.5 Å². The van der Waals surface area contributed by atoms with Gasteiger partial charge in [0.2, 0.25) is 5.13 Å². The number of nitrogens with two attached hydrogens (primary N) is 1. The Bertz CT molecular complexity index is 594. The quantitative estimate of drug-likeness (QED) is 0.355. The van der Waals surface area contributed by atoms with Crippen molar-refractivity contribution in [1.82, 2.24) is 4.98 Å². The summed E-state index contributed by atoms with van der Waals surface area (Å²) in [6.07, 6.45) is 3.46. The van der Waals surface area contributed by atoms with E-state index in [0.717, 1.165) is 11.1 Å². The number of ether oxygens (including phenoxy) is 1. The molecule has 5 nitrogen and oxygen atoms in total. The highest BCUT2D eigenvalue weighted by Crippen LogP contribution is 2.16. The third-order valence-electron chi connectivity index (χ3n) is 2.35. The second-order valence-electron chi connectivity index (χ2n) is 4.00. The molecule has 6 heteroatoms. The highest BCUT2D eigenvalue weighted by Gasteiger charge is 1.96. The van der Waals surface area contributed by atoms with Gasteiger partial charge in [-0.05, 0) is 17.2 Å². The van der Waals surface area contributed by atoms with Gasteiger partial charge in [0.1, 0.15) is 5.82 Å². The zero-order valence-electron chi connectivity index (χ0n) is 11.0. The van der Waals surface area contributed by atoms with Gasteiger partial charge in [0.15, 0.2) is 0 Å². The molecule has 0 aliphatic carbocycles. The van der Waals surface area contributed by atoms with Gasteiger partial charge in [-0.1, -0.05) is 24.3 Å². The minimum absolute atomic E-state index is 0.495. The van der Waals surface area contributed by atoms with Crippen molar-refractivity contribution in [2.75, 3.05) is 17.8 Å². The molecule has 0 saturated carbocycles. The van der Waals surface area contributed by atoms with E-state index in [1.165, 1.54) is 11.3 Å². The Morgan fingerprint density at radius 3 is 3.15 bits per heavy atom. The number of nitrogens with one attached hydrogen (secondary N) is 1. The summed E-state index contributed by atoms with van der Waals surface area (Å²) in [6.45, 7) is 4.72. The largest absolute Gasteiger partial charge is 0.383 e. The standard InChI is InChI=1S/C14H16N4OS/c1-2-6-19-9-12-5-3-4-11(7-12)8-16-18-14-17-13(15)10-20-14/h2-5,7-8,10H,1,6,9,15H2,(H,17,18). The highest BCUT2D eigenvalue weighted by atomic mass is 32.1. The van der Waals surface area contributed by atoms with Crippen LogP contribution in [-0.4, -0.2) is 17.8 Å². The molecule has 0 saturated heterocycles. The summed E-state index contributed by atoms with van der Waals surface area (Å²) < 4.78 is 5.40. The van der Waals surface area contributed by atoms with Gasteiger partial charge < -0.3 is 10.5 Å². The van der Waals surface area contributed by atoms with E-state index in [1.807, 2.05) is 24.3 Å². The second-order valence-corrected chi connectivity index (χ2v) is 4.85. The summed E-state index contributed by atoms with van der Waals surface area (Å²) >= 11 is 1.41. The Balaban J connectivity index is 1.91. The first-order chi connectivity index (χ1) is 9.78. The minimum Gasteiger partial charge on any atom is -0.383 e. The van der Waals surface area contributed by atoms with Gasteiger partial charge in [-0.25, -0.2) is 4.98 Å². The summed E-state index contributed by atoms with van der Waals surface area (Å²) in [4.78, 5) is 4.05. The summed E-state index contributed by atoms with van der Waals surface area (Å²) in [5.74, 6) is 0.495. The van der Waals surface area contributed by atoms with Crippen LogP contribution in [0.25, 0.3) is 0 Å². The lowest BCUT2D eigenvalue weighted by atomic mass is 10.1. The fourth-order valence-electron chi connectivity index (χ4n) is 1.52. The first kappa shape index (κ1) is 14.2. The fraction of sp³-hybridized carbons (Fsp3) is 0.143. The number of hydrogen-bond acceptors (Lipinski definition) is 6. The van der Waals surface area contributed by atoms with Crippen molar-refractivity contribution in [3.05, 3.63) is 53.4 Å². The lowest BCUT2D eigenvalue weighted by Crippen LogP contribution is -1.95. The molecule has 0 atom stereocenters. The van der Waals surface area contributed by atoms with Gasteiger partial charge in [0.25, 0.3) is 0 Å². The first-order valence-corrected chi connectivity index (χ1v) is 6.93. The molecule has 0 aliphatic rings. The van der Waals surface area contributed by atoms with Crippen molar-refractivity contribution in [3.63, 3.8) is 0 Å². The third kappa shape index (κ3) is 4.49. The van der Waals surface area contributed by atoms with E-state index in [2.05, 4.69) is 22.1 Å². The molecule has 1 heterocycles. The third-order valence-corrected chi connectivity index (χ3v) is 3.12. The maximum atomic E-state index is 5.53. The number of anilines is 2. The van der Waals surface area contributed by atoms with Crippen LogP contribution in [-0.2, 0) is 11.3 Å². The predicted octanol–water partition coefficient (Wildman–Crippen LogP) is 2.87. The van der Waals surface area contributed by atoms with E-state index < -0.39 is 0 Å². The van der Waals surface area contributed by atoms with E-state index in [1.54, 1.807) is 17.7 Å². The van der Waals surface area contributed by atoms with Crippen molar-refractivity contribution >= 4 is 28.5 Å². The summed E-state index contributed by atoms with van der Waals surface area (Å²) in [5, 5.41) is 6.55. The molecule has 0 amide bonds. The van der Waals surface area contributed by atoms with Gasteiger partial charge in [0.05, 0.1) is 19.4 Å². The van der Waals surface area contributed by atoms with Crippen molar-refractivity contribution in [2.24, 2.45) is 5.10 Å².